The quantitative estimate of drug-likeness (QED) is 0.837. The molecule has 102 valence electrons. The van der Waals surface area contributed by atoms with E-state index in [4.69, 9.17) is 5.73 Å². The smallest absolute Gasteiger partial charge is 0.159 e. The van der Waals surface area contributed by atoms with Crippen LogP contribution in [0.4, 0.5) is 8.78 Å². The number of rotatable bonds is 6. The van der Waals surface area contributed by atoms with E-state index in [0.29, 0.717) is 12.1 Å². The van der Waals surface area contributed by atoms with Gasteiger partial charge in [-0.25, -0.2) is 8.78 Å². The van der Waals surface area contributed by atoms with Crippen LogP contribution in [0.3, 0.4) is 0 Å². The summed E-state index contributed by atoms with van der Waals surface area (Å²) in [6, 6.07) is 3.50. The maximum Gasteiger partial charge on any atom is 0.159 e. The van der Waals surface area contributed by atoms with Crippen LogP contribution >= 0.6 is 0 Å². The molecule has 0 heterocycles. The van der Waals surface area contributed by atoms with Crippen LogP contribution in [0.2, 0.25) is 0 Å². The summed E-state index contributed by atoms with van der Waals surface area (Å²) >= 11 is 0. The highest BCUT2D eigenvalue weighted by Gasteiger charge is 2.12. The van der Waals surface area contributed by atoms with Gasteiger partial charge in [-0.1, -0.05) is 6.07 Å². The summed E-state index contributed by atoms with van der Waals surface area (Å²) in [6.45, 7) is 2.42. The Labute approximate surface area is 107 Å². The lowest BCUT2D eigenvalue weighted by Crippen LogP contribution is -2.34. The van der Waals surface area contributed by atoms with Crippen molar-refractivity contribution in [2.45, 2.75) is 6.04 Å². The lowest BCUT2D eigenvalue weighted by molar-refractivity contribution is 0.269. The van der Waals surface area contributed by atoms with E-state index in [1.54, 1.807) is 0 Å². The first-order chi connectivity index (χ1) is 8.40. The molecule has 0 amide bonds. The van der Waals surface area contributed by atoms with Gasteiger partial charge in [0.2, 0.25) is 0 Å². The topological polar surface area (TPSA) is 32.5 Å². The molecule has 0 saturated carbocycles. The minimum Gasteiger partial charge on any atom is -0.323 e. The summed E-state index contributed by atoms with van der Waals surface area (Å²) in [5.41, 5.74) is 6.59. The summed E-state index contributed by atoms with van der Waals surface area (Å²) in [7, 11) is 5.97. The third kappa shape index (κ3) is 4.68. The number of likely N-dealkylation sites (N-methyl/N-ethyl adjacent to an activating group) is 2. The molecular formula is C13H21F2N3. The van der Waals surface area contributed by atoms with Crippen LogP contribution in [0.15, 0.2) is 18.2 Å². The summed E-state index contributed by atoms with van der Waals surface area (Å²) in [5, 5.41) is 0. The maximum atomic E-state index is 13.1. The second-order valence-corrected chi connectivity index (χ2v) is 4.85. The van der Waals surface area contributed by atoms with E-state index in [1.165, 1.54) is 12.1 Å². The highest BCUT2D eigenvalue weighted by molar-refractivity contribution is 5.21. The monoisotopic (exact) mass is 257 g/mol. The molecule has 2 N–H and O–H groups in total. The van der Waals surface area contributed by atoms with Crippen molar-refractivity contribution in [2.75, 3.05) is 40.8 Å². The van der Waals surface area contributed by atoms with Gasteiger partial charge < -0.3 is 15.5 Å². The molecule has 0 radical (unpaired) electrons. The Morgan fingerprint density at radius 1 is 1.11 bits per heavy atom. The molecule has 0 aliphatic carbocycles. The minimum absolute atomic E-state index is 0.313. The van der Waals surface area contributed by atoms with Gasteiger partial charge in [-0.15, -0.1) is 0 Å². The van der Waals surface area contributed by atoms with Gasteiger partial charge in [0.1, 0.15) is 0 Å². The first-order valence-corrected chi connectivity index (χ1v) is 5.94. The molecule has 0 aliphatic heterocycles. The molecule has 5 heteroatoms. The van der Waals surface area contributed by atoms with Crippen LogP contribution in [0.25, 0.3) is 0 Å². The average molecular weight is 257 g/mol. The number of benzene rings is 1. The molecule has 1 aromatic rings. The van der Waals surface area contributed by atoms with E-state index in [2.05, 4.69) is 9.80 Å². The molecular weight excluding hydrogens is 236 g/mol. The van der Waals surface area contributed by atoms with Gasteiger partial charge in [-0.2, -0.15) is 0 Å². The fourth-order valence-corrected chi connectivity index (χ4v) is 1.65. The van der Waals surface area contributed by atoms with Gasteiger partial charge in [-0.3, -0.25) is 0 Å². The zero-order chi connectivity index (χ0) is 13.7. The van der Waals surface area contributed by atoms with E-state index < -0.39 is 11.6 Å². The van der Waals surface area contributed by atoms with Crippen molar-refractivity contribution in [1.82, 2.24) is 9.80 Å². The van der Waals surface area contributed by atoms with Crippen molar-refractivity contribution in [2.24, 2.45) is 5.73 Å². The van der Waals surface area contributed by atoms with Crippen molar-refractivity contribution in [3.63, 3.8) is 0 Å². The van der Waals surface area contributed by atoms with Crippen molar-refractivity contribution < 1.29 is 8.78 Å². The van der Waals surface area contributed by atoms with E-state index in [-0.39, 0.29) is 6.04 Å². The molecule has 1 unspecified atom stereocenters. The Hall–Kier alpha value is -1.04. The Morgan fingerprint density at radius 2 is 1.78 bits per heavy atom. The molecule has 0 bridgehead atoms. The second kappa shape index (κ2) is 6.78. The lowest BCUT2D eigenvalue weighted by atomic mass is 10.1. The fourth-order valence-electron chi connectivity index (χ4n) is 1.65. The SMILES string of the molecule is CN(C)CCN(C)CC(N)c1ccc(F)c(F)c1. The summed E-state index contributed by atoms with van der Waals surface area (Å²) < 4.78 is 25.9. The molecule has 1 rings (SSSR count). The van der Waals surface area contributed by atoms with Gasteiger partial charge in [0, 0.05) is 25.7 Å². The Morgan fingerprint density at radius 3 is 2.33 bits per heavy atom. The highest BCUT2D eigenvalue weighted by atomic mass is 19.2. The van der Waals surface area contributed by atoms with Crippen molar-refractivity contribution in [3.05, 3.63) is 35.4 Å². The average Bonchev–Trinajstić information content (AvgIpc) is 2.30. The van der Waals surface area contributed by atoms with Crippen LogP contribution < -0.4 is 5.73 Å². The van der Waals surface area contributed by atoms with Crippen molar-refractivity contribution >= 4 is 0 Å². The van der Waals surface area contributed by atoms with E-state index in [9.17, 15) is 8.78 Å². The first kappa shape index (κ1) is 15.0. The largest absolute Gasteiger partial charge is 0.323 e. The molecule has 0 aliphatic rings. The highest BCUT2D eigenvalue weighted by Crippen LogP contribution is 2.15. The number of hydrogen-bond donors (Lipinski definition) is 1. The van der Waals surface area contributed by atoms with E-state index in [1.807, 2.05) is 21.1 Å². The van der Waals surface area contributed by atoms with Gasteiger partial charge in [-0.05, 0) is 38.8 Å². The molecule has 0 spiro atoms. The fraction of sp³-hybridized carbons (Fsp3) is 0.538. The zero-order valence-electron chi connectivity index (χ0n) is 11.2. The van der Waals surface area contributed by atoms with Crippen LogP contribution in [0, 0.1) is 11.6 Å². The second-order valence-electron chi connectivity index (χ2n) is 4.85. The van der Waals surface area contributed by atoms with Crippen LogP contribution in [-0.2, 0) is 0 Å². The Kier molecular flexibility index (Phi) is 5.65. The maximum absolute atomic E-state index is 13.1. The lowest BCUT2D eigenvalue weighted by Gasteiger charge is -2.23. The third-order valence-electron chi connectivity index (χ3n) is 2.81. The number of hydrogen-bond acceptors (Lipinski definition) is 3. The number of halogens is 2. The van der Waals surface area contributed by atoms with Gasteiger partial charge >= 0.3 is 0 Å². The van der Waals surface area contributed by atoms with E-state index in [0.717, 1.165) is 19.2 Å². The van der Waals surface area contributed by atoms with Gasteiger partial charge in [0.15, 0.2) is 11.6 Å². The molecule has 3 nitrogen and oxygen atoms in total. The molecule has 0 saturated heterocycles. The number of nitrogens with zero attached hydrogens (tertiary/aromatic N) is 2. The Bertz CT molecular complexity index is 382. The predicted octanol–water partition coefficient (Wildman–Crippen LogP) is 1.46. The molecule has 1 aromatic carbocycles. The molecule has 0 fully saturated rings. The third-order valence-corrected chi connectivity index (χ3v) is 2.81. The van der Waals surface area contributed by atoms with Gasteiger partial charge in [0.05, 0.1) is 0 Å². The van der Waals surface area contributed by atoms with Crippen LogP contribution in [0.5, 0.6) is 0 Å². The van der Waals surface area contributed by atoms with Crippen LogP contribution in [0.1, 0.15) is 11.6 Å². The molecule has 18 heavy (non-hydrogen) atoms. The summed E-state index contributed by atoms with van der Waals surface area (Å²) in [6.07, 6.45) is 0. The number of nitrogens with two attached hydrogens (primary N) is 1. The van der Waals surface area contributed by atoms with Gasteiger partial charge in [0.25, 0.3) is 0 Å². The summed E-state index contributed by atoms with van der Waals surface area (Å²) in [5.74, 6) is -1.69. The normalized spacial score (nSPS) is 13.3. The van der Waals surface area contributed by atoms with Crippen molar-refractivity contribution in [3.8, 4) is 0 Å². The minimum atomic E-state index is -0.848. The molecule has 0 aromatic heterocycles. The first-order valence-electron chi connectivity index (χ1n) is 5.94. The van der Waals surface area contributed by atoms with Crippen molar-refractivity contribution in [1.29, 1.82) is 0 Å². The van der Waals surface area contributed by atoms with Crippen LogP contribution in [-0.4, -0.2) is 50.6 Å². The Balaban J connectivity index is 2.53. The van der Waals surface area contributed by atoms with E-state index >= 15 is 0 Å². The standard InChI is InChI=1S/C13H21F2N3/c1-17(2)6-7-18(3)9-13(16)10-4-5-11(14)12(15)8-10/h4-5,8,13H,6-7,9,16H2,1-3H3. The predicted molar refractivity (Wildman–Crippen MR) is 69.3 cm³/mol. The summed E-state index contributed by atoms with van der Waals surface area (Å²) in [4.78, 5) is 4.16. The zero-order valence-corrected chi connectivity index (χ0v) is 11.2. The molecule has 1 atom stereocenters.